The molecule has 26 heavy (non-hydrogen) atoms. The van der Waals surface area contributed by atoms with E-state index in [1.165, 1.54) is 11.1 Å². The molecule has 2 aliphatic carbocycles. The third-order valence-corrected chi connectivity index (χ3v) is 6.45. The van der Waals surface area contributed by atoms with Crippen LogP contribution in [0.3, 0.4) is 0 Å². The van der Waals surface area contributed by atoms with Crippen molar-refractivity contribution in [1.82, 2.24) is 4.90 Å². The van der Waals surface area contributed by atoms with Crippen LogP contribution >= 0.6 is 11.8 Å². The molecule has 0 N–H and O–H groups in total. The fraction of sp³-hybridized carbons (Fsp3) is 0.409. The van der Waals surface area contributed by atoms with Crippen LogP contribution in [0.2, 0.25) is 0 Å². The third-order valence-electron chi connectivity index (χ3n) is 5.35. The van der Waals surface area contributed by atoms with Gasteiger partial charge in [-0.3, -0.25) is 4.79 Å². The quantitative estimate of drug-likeness (QED) is 0.683. The van der Waals surface area contributed by atoms with Crippen molar-refractivity contribution in [3.63, 3.8) is 0 Å². The fourth-order valence-corrected chi connectivity index (χ4v) is 4.81. The zero-order valence-corrected chi connectivity index (χ0v) is 16.2. The van der Waals surface area contributed by atoms with Crippen LogP contribution in [-0.2, 0) is 11.2 Å². The Labute approximate surface area is 159 Å². The summed E-state index contributed by atoms with van der Waals surface area (Å²) >= 11 is 1.64. The summed E-state index contributed by atoms with van der Waals surface area (Å²) in [7, 11) is 1.67. The smallest absolute Gasteiger partial charge is 0.236 e. The van der Waals surface area contributed by atoms with Crippen LogP contribution in [0, 0.1) is 0 Å². The zero-order valence-electron chi connectivity index (χ0n) is 15.4. The summed E-state index contributed by atoms with van der Waals surface area (Å²) in [5.74, 6) is 1.12. The number of thioether (sulfide) groups is 1. The molecule has 0 bridgehead atoms. The topological polar surface area (TPSA) is 29.5 Å². The Morgan fingerprint density at radius 1 is 1.12 bits per heavy atom. The highest BCUT2D eigenvalue weighted by molar-refractivity contribution is 8.00. The molecule has 3 nitrogen and oxygen atoms in total. The van der Waals surface area contributed by atoms with Crippen LogP contribution in [0.4, 0.5) is 0 Å². The number of hydrogen-bond acceptors (Lipinski definition) is 3. The molecule has 4 rings (SSSR count). The Kier molecular flexibility index (Phi) is 4.94. The highest BCUT2D eigenvalue weighted by Gasteiger charge is 2.41. The van der Waals surface area contributed by atoms with Crippen molar-refractivity contribution < 1.29 is 9.53 Å². The highest BCUT2D eigenvalue weighted by Crippen LogP contribution is 2.43. The predicted octanol–water partition coefficient (Wildman–Crippen LogP) is 4.85. The predicted molar refractivity (Wildman–Crippen MR) is 106 cm³/mol. The molecule has 2 aromatic rings. The van der Waals surface area contributed by atoms with E-state index in [1.54, 1.807) is 18.9 Å². The first-order valence-electron chi connectivity index (χ1n) is 9.38. The Hall–Kier alpha value is -1.94. The second kappa shape index (κ2) is 7.36. The van der Waals surface area contributed by atoms with E-state index in [-0.39, 0.29) is 17.2 Å². The summed E-state index contributed by atoms with van der Waals surface area (Å²) in [6.07, 6.45) is 4.42. The van der Waals surface area contributed by atoms with Crippen molar-refractivity contribution in [3.05, 3.63) is 59.7 Å². The van der Waals surface area contributed by atoms with E-state index in [1.807, 2.05) is 31.2 Å². The van der Waals surface area contributed by atoms with E-state index in [4.69, 9.17) is 4.74 Å². The van der Waals surface area contributed by atoms with Crippen molar-refractivity contribution in [2.45, 2.75) is 54.8 Å². The molecule has 2 unspecified atom stereocenters. The van der Waals surface area contributed by atoms with Gasteiger partial charge in [0.15, 0.2) is 0 Å². The molecule has 1 saturated carbocycles. The largest absolute Gasteiger partial charge is 0.497 e. The monoisotopic (exact) mass is 367 g/mol. The number of amides is 1. The summed E-state index contributed by atoms with van der Waals surface area (Å²) in [6, 6.07) is 17.3. The van der Waals surface area contributed by atoms with Gasteiger partial charge in [-0.2, -0.15) is 0 Å². The number of fused-ring (bicyclic) bond motifs is 1. The number of nitrogens with zero attached hydrogens (tertiary/aromatic N) is 1. The van der Waals surface area contributed by atoms with Crippen LogP contribution in [0.25, 0.3) is 0 Å². The summed E-state index contributed by atoms with van der Waals surface area (Å²) in [5, 5.41) is -0.0863. The minimum Gasteiger partial charge on any atom is -0.497 e. The first-order chi connectivity index (χ1) is 12.7. The van der Waals surface area contributed by atoms with E-state index in [0.717, 1.165) is 36.3 Å². The van der Waals surface area contributed by atoms with Gasteiger partial charge in [-0.05, 0) is 68.0 Å². The van der Waals surface area contributed by atoms with E-state index in [0.29, 0.717) is 6.04 Å². The number of carbonyl (C=O) groups is 1. The second-order valence-corrected chi connectivity index (χ2v) is 8.58. The molecule has 4 heteroatoms. The molecule has 0 aliphatic heterocycles. The Morgan fingerprint density at radius 3 is 2.54 bits per heavy atom. The number of rotatable bonds is 6. The van der Waals surface area contributed by atoms with Gasteiger partial charge < -0.3 is 9.64 Å². The zero-order chi connectivity index (χ0) is 18.1. The average molecular weight is 368 g/mol. The normalized spacial score (nSPS) is 19.7. The lowest BCUT2D eigenvalue weighted by molar-refractivity contribution is -0.133. The maximum absolute atomic E-state index is 13.3. The van der Waals surface area contributed by atoms with Gasteiger partial charge in [0, 0.05) is 10.9 Å². The average Bonchev–Trinajstić information content (AvgIpc) is 3.42. The number of carbonyl (C=O) groups excluding carboxylic acids is 1. The van der Waals surface area contributed by atoms with Crippen LogP contribution < -0.4 is 4.74 Å². The van der Waals surface area contributed by atoms with Crippen molar-refractivity contribution >= 4 is 17.7 Å². The van der Waals surface area contributed by atoms with Crippen molar-refractivity contribution in [1.29, 1.82) is 0 Å². The molecule has 0 radical (unpaired) electrons. The van der Waals surface area contributed by atoms with Gasteiger partial charge in [0.2, 0.25) is 5.91 Å². The molecule has 0 saturated heterocycles. The lowest BCUT2D eigenvalue weighted by atomic mass is 10.1. The second-order valence-electron chi connectivity index (χ2n) is 7.17. The van der Waals surface area contributed by atoms with Gasteiger partial charge in [-0.25, -0.2) is 0 Å². The maximum atomic E-state index is 13.3. The number of ether oxygens (including phenoxy) is 1. The van der Waals surface area contributed by atoms with Crippen molar-refractivity contribution in [2.24, 2.45) is 0 Å². The molecule has 1 fully saturated rings. The summed E-state index contributed by atoms with van der Waals surface area (Å²) in [6.45, 7) is 2.04. The lowest BCUT2D eigenvalue weighted by Gasteiger charge is -2.32. The van der Waals surface area contributed by atoms with Crippen LogP contribution in [0.5, 0.6) is 5.75 Å². The number of methoxy groups -OCH3 is 1. The van der Waals surface area contributed by atoms with Gasteiger partial charge >= 0.3 is 0 Å². The van der Waals surface area contributed by atoms with Crippen molar-refractivity contribution in [3.8, 4) is 5.75 Å². The third kappa shape index (κ3) is 3.48. The minimum atomic E-state index is -0.0863. The Morgan fingerprint density at radius 2 is 1.85 bits per heavy atom. The van der Waals surface area contributed by atoms with Gasteiger partial charge in [0.05, 0.1) is 18.4 Å². The molecule has 0 spiro atoms. The van der Waals surface area contributed by atoms with Crippen LogP contribution in [-0.4, -0.2) is 29.2 Å². The SMILES string of the molecule is COc1ccc(SC(C)C(=O)N(C2CC2)C2CCc3ccccc32)cc1. The Balaban J connectivity index is 1.50. The van der Waals surface area contributed by atoms with Crippen LogP contribution in [0.15, 0.2) is 53.4 Å². The first kappa shape index (κ1) is 17.5. The van der Waals surface area contributed by atoms with E-state index >= 15 is 0 Å². The lowest BCUT2D eigenvalue weighted by Crippen LogP contribution is -2.40. The molecule has 2 aromatic carbocycles. The van der Waals surface area contributed by atoms with Gasteiger partial charge in [0.25, 0.3) is 0 Å². The molecular formula is C22H25NO2S. The number of aryl methyl sites for hydroxylation is 1. The standard InChI is InChI=1S/C22H25NO2S/c1-15(26-19-12-10-18(25-2)11-13-19)22(24)23(17-8-9-17)21-14-7-16-5-3-4-6-20(16)21/h3-6,10-13,15,17,21H,7-9,14H2,1-2H3. The molecular weight excluding hydrogens is 342 g/mol. The maximum Gasteiger partial charge on any atom is 0.236 e. The minimum absolute atomic E-state index is 0.0863. The molecule has 2 atom stereocenters. The molecule has 1 amide bonds. The van der Waals surface area contributed by atoms with Crippen LogP contribution in [0.1, 0.15) is 43.4 Å². The van der Waals surface area contributed by atoms with Gasteiger partial charge in [0.1, 0.15) is 5.75 Å². The Bertz CT molecular complexity index is 785. The number of hydrogen-bond donors (Lipinski definition) is 0. The fourth-order valence-electron chi connectivity index (χ4n) is 3.88. The molecule has 136 valence electrons. The van der Waals surface area contributed by atoms with E-state index < -0.39 is 0 Å². The molecule has 2 aliphatic rings. The summed E-state index contributed by atoms with van der Waals surface area (Å²) < 4.78 is 5.22. The van der Waals surface area contributed by atoms with E-state index in [2.05, 4.69) is 29.2 Å². The first-order valence-corrected chi connectivity index (χ1v) is 10.3. The van der Waals surface area contributed by atoms with Crippen molar-refractivity contribution in [2.75, 3.05) is 7.11 Å². The molecule has 0 aromatic heterocycles. The molecule has 0 heterocycles. The van der Waals surface area contributed by atoms with E-state index in [9.17, 15) is 4.79 Å². The summed E-state index contributed by atoms with van der Waals surface area (Å²) in [5.41, 5.74) is 2.76. The summed E-state index contributed by atoms with van der Waals surface area (Å²) in [4.78, 5) is 16.6. The number of benzene rings is 2. The van der Waals surface area contributed by atoms with Gasteiger partial charge in [-0.15, -0.1) is 11.8 Å². The highest BCUT2D eigenvalue weighted by atomic mass is 32.2. The van der Waals surface area contributed by atoms with Gasteiger partial charge in [-0.1, -0.05) is 24.3 Å².